The first-order valence-corrected chi connectivity index (χ1v) is 8.35. The molecule has 23 heavy (non-hydrogen) atoms. The molecule has 1 heterocycles. The third-order valence-electron chi connectivity index (χ3n) is 4.18. The van der Waals surface area contributed by atoms with Crippen molar-refractivity contribution < 1.29 is 14.6 Å². The quantitative estimate of drug-likeness (QED) is 0.876. The normalized spacial score (nSPS) is 24.3. The molecule has 2 amide bonds. The standard InChI is InChI=1S/C18H28N2O3/c1-13-4-6-16(7-5-13)12-20(8-9-21)18(22)19-17-10-14(2)23-15(3)11-17/h4-7,14-15,17,21H,8-12H2,1-3H3,(H,19,22)/t14-,15+,17?. The van der Waals surface area contributed by atoms with Crippen LogP contribution in [0.25, 0.3) is 0 Å². The smallest absolute Gasteiger partial charge is 0.317 e. The van der Waals surface area contributed by atoms with Crippen LogP contribution in [0.2, 0.25) is 0 Å². The molecule has 0 aromatic heterocycles. The molecule has 128 valence electrons. The summed E-state index contributed by atoms with van der Waals surface area (Å²) in [5.74, 6) is 0. The van der Waals surface area contributed by atoms with Crippen LogP contribution >= 0.6 is 0 Å². The number of carbonyl (C=O) groups is 1. The molecule has 1 aliphatic rings. The number of carbonyl (C=O) groups excluding carboxylic acids is 1. The first-order chi connectivity index (χ1) is 11.0. The molecule has 1 aromatic carbocycles. The second-order valence-electron chi connectivity index (χ2n) is 6.51. The fourth-order valence-corrected chi connectivity index (χ4v) is 3.08. The van der Waals surface area contributed by atoms with E-state index in [2.05, 4.69) is 5.32 Å². The highest BCUT2D eigenvalue weighted by atomic mass is 16.5. The summed E-state index contributed by atoms with van der Waals surface area (Å²) in [6.07, 6.45) is 1.97. The van der Waals surface area contributed by atoms with Gasteiger partial charge in [-0.3, -0.25) is 0 Å². The summed E-state index contributed by atoms with van der Waals surface area (Å²) in [5.41, 5.74) is 2.25. The van der Waals surface area contributed by atoms with E-state index in [1.54, 1.807) is 4.90 Å². The molecular formula is C18H28N2O3. The fourth-order valence-electron chi connectivity index (χ4n) is 3.08. The minimum Gasteiger partial charge on any atom is -0.395 e. The van der Waals surface area contributed by atoms with Crippen LogP contribution < -0.4 is 5.32 Å². The molecule has 3 atom stereocenters. The van der Waals surface area contributed by atoms with E-state index < -0.39 is 0 Å². The van der Waals surface area contributed by atoms with Crippen molar-refractivity contribution in [3.05, 3.63) is 35.4 Å². The fraction of sp³-hybridized carbons (Fsp3) is 0.611. The summed E-state index contributed by atoms with van der Waals surface area (Å²) in [6, 6.07) is 8.11. The van der Waals surface area contributed by atoms with E-state index in [0.717, 1.165) is 18.4 Å². The number of nitrogens with zero attached hydrogens (tertiary/aromatic N) is 1. The van der Waals surface area contributed by atoms with Crippen molar-refractivity contribution in [1.29, 1.82) is 0 Å². The highest BCUT2D eigenvalue weighted by Gasteiger charge is 2.27. The van der Waals surface area contributed by atoms with E-state index >= 15 is 0 Å². The van der Waals surface area contributed by atoms with Gasteiger partial charge < -0.3 is 20.1 Å². The second kappa shape index (κ2) is 8.31. The van der Waals surface area contributed by atoms with Gasteiger partial charge in [-0.05, 0) is 39.2 Å². The molecule has 1 unspecified atom stereocenters. The number of urea groups is 1. The number of hydrogen-bond donors (Lipinski definition) is 2. The Morgan fingerprint density at radius 2 is 1.87 bits per heavy atom. The average molecular weight is 320 g/mol. The maximum Gasteiger partial charge on any atom is 0.317 e. The lowest BCUT2D eigenvalue weighted by Crippen LogP contribution is -2.49. The molecule has 5 nitrogen and oxygen atoms in total. The minimum atomic E-state index is -0.120. The number of benzene rings is 1. The van der Waals surface area contributed by atoms with Crippen LogP contribution in [-0.4, -0.2) is 47.4 Å². The maximum atomic E-state index is 12.5. The van der Waals surface area contributed by atoms with E-state index in [-0.39, 0.29) is 30.9 Å². The highest BCUT2D eigenvalue weighted by molar-refractivity contribution is 5.74. The van der Waals surface area contributed by atoms with Crippen LogP contribution in [0.15, 0.2) is 24.3 Å². The molecule has 0 spiro atoms. The molecular weight excluding hydrogens is 292 g/mol. The summed E-state index contributed by atoms with van der Waals surface area (Å²) in [6.45, 7) is 6.89. The molecule has 2 N–H and O–H groups in total. The first kappa shape index (κ1) is 17.8. The lowest BCUT2D eigenvalue weighted by Gasteiger charge is -2.34. The molecule has 0 bridgehead atoms. The summed E-state index contributed by atoms with van der Waals surface area (Å²) in [4.78, 5) is 14.2. The number of hydrogen-bond acceptors (Lipinski definition) is 3. The Hall–Kier alpha value is -1.59. The van der Waals surface area contributed by atoms with Crippen molar-refractivity contribution in [3.8, 4) is 0 Å². The van der Waals surface area contributed by atoms with Crippen molar-refractivity contribution in [2.24, 2.45) is 0 Å². The summed E-state index contributed by atoms with van der Waals surface area (Å²) in [5, 5.41) is 12.3. The van der Waals surface area contributed by atoms with Gasteiger partial charge in [0.2, 0.25) is 0 Å². The number of aryl methyl sites for hydroxylation is 1. The van der Waals surface area contributed by atoms with Crippen molar-refractivity contribution in [3.63, 3.8) is 0 Å². The van der Waals surface area contributed by atoms with Gasteiger partial charge in [-0.2, -0.15) is 0 Å². The van der Waals surface area contributed by atoms with Crippen LogP contribution in [0.3, 0.4) is 0 Å². The van der Waals surface area contributed by atoms with Crippen LogP contribution in [0.5, 0.6) is 0 Å². The molecule has 0 aliphatic carbocycles. The number of rotatable bonds is 5. The Bertz CT molecular complexity index is 493. The Balaban J connectivity index is 1.96. The van der Waals surface area contributed by atoms with Crippen molar-refractivity contribution in [2.75, 3.05) is 13.2 Å². The van der Waals surface area contributed by atoms with Crippen molar-refractivity contribution >= 4 is 6.03 Å². The van der Waals surface area contributed by atoms with Gasteiger partial charge in [-0.25, -0.2) is 4.79 Å². The van der Waals surface area contributed by atoms with Gasteiger partial charge >= 0.3 is 6.03 Å². The predicted molar refractivity (Wildman–Crippen MR) is 90.2 cm³/mol. The number of amides is 2. The zero-order chi connectivity index (χ0) is 16.8. The summed E-state index contributed by atoms with van der Waals surface area (Å²) < 4.78 is 5.71. The Labute approximate surface area is 138 Å². The molecule has 1 saturated heterocycles. The largest absolute Gasteiger partial charge is 0.395 e. The van der Waals surface area contributed by atoms with E-state index in [1.807, 2.05) is 45.0 Å². The van der Waals surface area contributed by atoms with Gasteiger partial charge in [0, 0.05) is 19.1 Å². The van der Waals surface area contributed by atoms with E-state index in [0.29, 0.717) is 13.1 Å². The molecule has 5 heteroatoms. The third-order valence-corrected chi connectivity index (χ3v) is 4.18. The summed E-state index contributed by atoms with van der Waals surface area (Å²) >= 11 is 0. The van der Waals surface area contributed by atoms with Crippen LogP contribution in [-0.2, 0) is 11.3 Å². The monoisotopic (exact) mass is 320 g/mol. The molecule has 1 aliphatic heterocycles. The predicted octanol–water partition coefficient (Wildman–Crippen LogP) is 2.45. The molecule has 0 saturated carbocycles. The minimum absolute atomic E-state index is 0.0418. The molecule has 2 rings (SSSR count). The second-order valence-corrected chi connectivity index (χ2v) is 6.51. The number of aliphatic hydroxyl groups excluding tert-OH is 1. The Kier molecular flexibility index (Phi) is 6.42. The van der Waals surface area contributed by atoms with E-state index in [1.165, 1.54) is 5.56 Å². The van der Waals surface area contributed by atoms with Gasteiger partial charge in [0.05, 0.1) is 18.8 Å². The Morgan fingerprint density at radius 3 is 2.43 bits per heavy atom. The number of aliphatic hydroxyl groups is 1. The number of nitrogens with one attached hydrogen (secondary N) is 1. The van der Waals surface area contributed by atoms with Crippen molar-refractivity contribution in [1.82, 2.24) is 10.2 Å². The Morgan fingerprint density at radius 1 is 1.26 bits per heavy atom. The van der Waals surface area contributed by atoms with E-state index in [9.17, 15) is 9.90 Å². The first-order valence-electron chi connectivity index (χ1n) is 8.35. The van der Waals surface area contributed by atoms with Crippen LogP contribution in [0.1, 0.15) is 37.8 Å². The zero-order valence-electron chi connectivity index (χ0n) is 14.3. The van der Waals surface area contributed by atoms with Gasteiger partial charge in [0.15, 0.2) is 0 Å². The maximum absolute atomic E-state index is 12.5. The molecule has 0 radical (unpaired) electrons. The average Bonchev–Trinajstić information content (AvgIpc) is 2.48. The van der Waals surface area contributed by atoms with Gasteiger partial charge in [0.25, 0.3) is 0 Å². The topological polar surface area (TPSA) is 61.8 Å². The lowest BCUT2D eigenvalue weighted by molar-refractivity contribution is -0.0408. The zero-order valence-corrected chi connectivity index (χ0v) is 14.3. The van der Waals surface area contributed by atoms with Crippen molar-refractivity contribution in [2.45, 2.75) is 58.4 Å². The van der Waals surface area contributed by atoms with Gasteiger partial charge in [0.1, 0.15) is 0 Å². The van der Waals surface area contributed by atoms with Crippen LogP contribution in [0.4, 0.5) is 4.79 Å². The molecule has 1 fully saturated rings. The van der Waals surface area contributed by atoms with Gasteiger partial charge in [-0.1, -0.05) is 29.8 Å². The van der Waals surface area contributed by atoms with Crippen LogP contribution in [0, 0.1) is 6.92 Å². The van der Waals surface area contributed by atoms with Gasteiger partial charge in [-0.15, -0.1) is 0 Å². The summed E-state index contributed by atoms with van der Waals surface area (Å²) in [7, 11) is 0. The third kappa shape index (κ3) is 5.52. The molecule has 1 aromatic rings. The highest BCUT2D eigenvalue weighted by Crippen LogP contribution is 2.19. The van der Waals surface area contributed by atoms with E-state index in [4.69, 9.17) is 4.74 Å². The number of ether oxygens (including phenoxy) is 1. The SMILES string of the molecule is Cc1ccc(CN(CCO)C(=O)NC2C[C@@H](C)O[C@@H](C)C2)cc1. The lowest BCUT2D eigenvalue weighted by atomic mass is 10.00.